The van der Waals surface area contributed by atoms with E-state index in [4.69, 9.17) is 18.2 Å². The van der Waals surface area contributed by atoms with Gasteiger partial charge in [-0.25, -0.2) is 8.42 Å². The highest BCUT2D eigenvalue weighted by Crippen LogP contribution is 2.15. The van der Waals surface area contributed by atoms with Crippen molar-refractivity contribution in [3.63, 3.8) is 0 Å². The molecule has 0 amide bonds. The van der Waals surface area contributed by atoms with Gasteiger partial charge in [-0.1, -0.05) is 194 Å². The second kappa shape index (κ2) is 39.9. The predicted molar refractivity (Wildman–Crippen MR) is 216 cm³/mol. The van der Waals surface area contributed by atoms with Crippen molar-refractivity contribution < 1.29 is 31.5 Å². The van der Waals surface area contributed by atoms with E-state index in [9.17, 15) is 0 Å². The molecule has 0 aliphatic heterocycles. The van der Waals surface area contributed by atoms with Gasteiger partial charge in [0.05, 0.1) is 55.4 Å². The van der Waals surface area contributed by atoms with Crippen molar-refractivity contribution in [3.05, 3.63) is 0 Å². The number of unbranched alkanes of at least 4 members (excludes halogenated alkanes) is 30. The monoisotopic (exact) mass is 737 g/mol. The summed E-state index contributed by atoms with van der Waals surface area (Å²) in [6.45, 7) is 7.26. The summed E-state index contributed by atoms with van der Waals surface area (Å²) in [5.41, 5.74) is 0. The average molecular weight is 737 g/mol. The van der Waals surface area contributed by atoms with E-state index in [0.29, 0.717) is 0 Å². The fourth-order valence-corrected chi connectivity index (χ4v) is 6.27. The van der Waals surface area contributed by atoms with Crippen LogP contribution in [0.4, 0.5) is 0 Å². The highest BCUT2D eigenvalue weighted by molar-refractivity contribution is 7.80. The second-order valence-electron chi connectivity index (χ2n) is 17.1. The van der Waals surface area contributed by atoms with Gasteiger partial charge in [0.2, 0.25) is 10.4 Å². The van der Waals surface area contributed by atoms with Gasteiger partial charge in [-0.15, -0.1) is 0 Å². The fourth-order valence-electron chi connectivity index (χ4n) is 6.27. The molecule has 0 bridgehead atoms. The third-order valence-electron chi connectivity index (χ3n) is 9.45. The zero-order valence-electron chi connectivity index (χ0n) is 35.4. The van der Waals surface area contributed by atoms with Gasteiger partial charge < -0.3 is 23.1 Å². The minimum Gasteiger partial charge on any atom is -0.726 e. The number of quaternary nitrogens is 2. The molecule has 306 valence electrons. The van der Waals surface area contributed by atoms with Crippen molar-refractivity contribution in [2.24, 2.45) is 0 Å². The second-order valence-corrected chi connectivity index (χ2v) is 18.1. The Morgan fingerprint density at radius 2 is 0.500 bits per heavy atom. The average Bonchev–Trinajstić information content (AvgIpc) is 3.03. The first kappa shape index (κ1) is 54.1. The van der Waals surface area contributed by atoms with Crippen LogP contribution in [-0.2, 0) is 14.7 Å². The van der Waals surface area contributed by atoms with Crippen LogP contribution in [0.5, 0.6) is 0 Å². The van der Waals surface area contributed by atoms with Gasteiger partial charge >= 0.3 is 0 Å². The molecule has 0 aliphatic rings. The van der Waals surface area contributed by atoms with Gasteiger partial charge in [0.25, 0.3) is 0 Å². The van der Waals surface area contributed by atoms with Gasteiger partial charge in [-0.3, -0.25) is 0 Å². The van der Waals surface area contributed by atoms with E-state index in [0.717, 1.165) is 8.97 Å². The van der Waals surface area contributed by atoms with Crippen LogP contribution < -0.4 is 5.26 Å². The van der Waals surface area contributed by atoms with Crippen LogP contribution >= 0.6 is 0 Å². The molecular formula is C42H92N2O5S. The van der Waals surface area contributed by atoms with Gasteiger partial charge in [-0.2, -0.15) is 0 Å². The molecule has 0 unspecified atom stereocenters. The first-order valence-corrected chi connectivity index (χ1v) is 22.9. The summed E-state index contributed by atoms with van der Waals surface area (Å²) in [4.78, 5) is 0. The maximum absolute atomic E-state index is 8.91. The third kappa shape index (κ3) is 62.8. The summed E-state index contributed by atoms with van der Waals surface area (Å²) < 4.78 is 31.1. The molecule has 0 spiro atoms. The normalized spacial score (nSPS) is 12.0. The zero-order chi connectivity index (χ0) is 38.2. The summed E-state index contributed by atoms with van der Waals surface area (Å²) in [6, 6.07) is 0. The predicted octanol–water partition coefficient (Wildman–Crippen LogP) is 11.6. The van der Waals surface area contributed by atoms with Crippen LogP contribution in [0.2, 0.25) is 0 Å². The van der Waals surface area contributed by atoms with Crippen molar-refractivity contribution in [1.29, 1.82) is 0 Å². The van der Waals surface area contributed by atoms with Crippen molar-refractivity contribution in [2.75, 3.05) is 55.4 Å². The van der Waals surface area contributed by atoms with Crippen LogP contribution in [-0.4, -0.2) is 77.3 Å². The first-order valence-electron chi connectivity index (χ1n) is 21.6. The van der Waals surface area contributed by atoms with Gasteiger partial charge in [0.1, 0.15) is 0 Å². The summed E-state index contributed by atoms with van der Waals surface area (Å²) in [6.07, 6.45) is 46.7. The Bertz CT molecular complexity index is 689. The van der Waals surface area contributed by atoms with Crippen molar-refractivity contribution in [1.82, 2.24) is 0 Å². The SMILES string of the molecule is CCCCCCCCCCCCCCCCCC[N+](C)(C)C.CCCCCCCCCCCCCCCCCC[N+](C)(C)C.O=S(=O)([O-])O[O-]. The van der Waals surface area contributed by atoms with E-state index in [1.165, 1.54) is 219 Å². The Morgan fingerprint density at radius 1 is 0.360 bits per heavy atom. The van der Waals surface area contributed by atoms with E-state index in [-0.39, 0.29) is 0 Å². The fraction of sp³-hybridized carbons (Fsp3) is 1.00. The third-order valence-corrected chi connectivity index (χ3v) is 9.61. The molecule has 0 atom stereocenters. The van der Waals surface area contributed by atoms with E-state index >= 15 is 0 Å². The minimum absolute atomic E-state index is 1.12. The molecule has 0 rings (SSSR count). The van der Waals surface area contributed by atoms with Crippen LogP contribution in [0.25, 0.3) is 0 Å². The lowest BCUT2D eigenvalue weighted by molar-refractivity contribution is -0.870. The highest BCUT2D eigenvalue weighted by Gasteiger charge is 2.06. The quantitative estimate of drug-likeness (QED) is 0.0161. The molecule has 0 heterocycles. The molecule has 7 nitrogen and oxygen atoms in total. The molecule has 0 saturated heterocycles. The maximum Gasteiger partial charge on any atom is 0.208 e. The Kier molecular flexibility index (Phi) is 43.2. The molecule has 0 aliphatic carbocycles. The smallest absolute Gasteiger partial charge is 0.208 e. The highest BCUT2D eigenvalue weighted by atomic mass is 32.3. The number of hydrogen-bond donors (Lipinski definition) is 0. The van der Waals surface area contributed by atoms with Crippen molar-refractivity contribution >= 4 is 10.4 Å². The topological polar surface area (TPSA) is 89.5 Å². The number of hydrogen-bond acceptors (Lipinski definition) is 5. The van der Waals surface area contributed by atoms with Crippen LogP contribution in [0, 0.1) is 0 Å². The molecule has 0 radical (unpaired) electrons. The summed E-state index contributed by atoms with van der Waals surface area (Å²) in [5.74, 6) is 0. The standard InChI is InChI=1S/2C21H46N.H2O5S/c2*1-5-6-7-8-9-10-11-12-13-14-15-16-17-18-19-20-21-22(2,3)4;1-5-6(2,3)4/h2*5-21H2,1-4H3;1H,(H,2,3,4)/q2*+1;/p-2. The Hall–Kier alpha value is -0.250. The lowest BCUT2D eigenvalue weighted by Crippen LogP contribution is -2.35. The lowest BCUT2D eigenvalue weighted by Gasteiger charge is -2.23. The van der Waals surface area contributed by atoms with E-state index in [2.05, 4.69) is 60.5 Å². The molecule has 0 N–H and O–H groups in total. The zero-order valence-corrected chi connectivity index (χ0v) is 36.2. The molecule has 0 aromatic carbocycles. The van der Waals surface area contributed by atoms with E-state index < -0.39 is 10.4 Å². The van der Waals surface area contributed by atoms with Gasteiger partial charge in [0, 0.05) is 0 Å². The minimum atomic E-state index is -4.97. The molecule has 0 aromatic heterocycles. The summed E-state index contributed by atoms with van der Waals surface area (Å²) >= 11 is 0. The summed E-state index contributed by atoms with van der Waals surface area (Å²) in [7, 11) is 8.81. The molecule has 8 heteroatoms. The molecule has 50 heavy (non-hydrogen) atoms. The molecular weight excluding hydrogens is 645 g/mol. The Labute approximate surface area is 315 Å². The first-order chi connectivity index (χ1) is 23.7. The molecule has 0 saturated carbocycles. The van der Waals surface area contributed by atoms with Crippen molar-refractivity contribution in [3.8, 4) is 0 Å². The van der Waals surface area contributed by atoms with Gasteiger partial charge in [0.15, 0.2) is 0 Å². The number of rotatable bonds is 35. The molecule has 0 fully saturated rings. The van der Waals surface area contributed by atoms with Crippen LogP contribution in [0.3, 0.4) is 0 Å². The largest absolute Gasteiger partial charge is 0.726 e. The van der Waals surface area contributed by atoms with Crippen LogP contribution in [0.15, 0.2) is 0 Å². The van der Waals surface area contributed by atoms with E-state index in [1.807, 2.05) is 0 Å². The molecule has 0 aromatic rings. The van der Waals surface area contributed by atoms with Crippen LogP contribution in [0.1, 0.15) is 219 Å². The Balaban J connectivity index is -0.000000758. The lowest BCUT2D eigenvalue weighted by atomic mass is 10.0. The maximum atomic E-state index is 8.91. The van der Waals surface area contributed by atoms with Gasteiger partial charge in [-0.05, 0) is 25.7 Å². The van der Waals surface area contributed by atoms with Crippen molar-refractivity contribution in [2.45, 2.75) is 219 Å². The number of nitrogens with zero attached hydrogens (tertiary/aromatic N) is 2. The summed E-state index contributed by atoms with van der Waals surface area (Å²) in [5, 5.41) is 8.55. The Morgan fingerprint density at radius 3 is 0.620 bits per heavy atom. The van der Waals surface area contributed by atoms with E-state index in [1.54, 1.807) is 0 Å².